The van der Waals surface area contributed by atoms with Gasteiger partial charge in [-0.15, -0.1) is 0 Å². The molecule has 2 N–H and O–H groups in total. The minimum Gasteiger partial charge on any atom is -0.457 e. The predicted octanol–water partition coefficient (Wildman–Crippen LogP) is 3.12. The van der Waals surface area contributed by atoms with E-state index in [1.807, 2.05) is 26.0 Å². The van der Waals surface area contributed by atoms with Gasteiger partial charge in [-0.05, 0) is 31.5 Å². The second-order valence-corrected chi connectivity index (χ2v) is 4.55. The third-order valence-electron chi connectivity index (χ3n) is 2.54. The van der Waals surface area contributed by atoms with Gasteiger partial charge in [0.05, 0.1) is 0 Å². The van der Waals surface area contributed by atoms with Crippen molar-refractivity contribution in [3.63, 3.8) is 0 Å². The summed E-state index contributed by atoms with van der Waals surface area (Å²) in [5.41, 5.74) is 8.40. The molecule has 1 aromatic heterocycles. The molecule has 0 aliphatic rings. The maximum Gasteiger partial charge on any atom is 0.131 e. The molecule has 0 aliphatic carbocycles. The van der Waals surface area contributed by atoms with Crippen LogP contribution < -0.4 is 10.5 Å². The maximum atomic E-state index is 5.80. The van der Waals surface area contributed by atoms with Crippen LogP contribution in [0.5, 0.6) is 11.5 Å². The highest BCUT2D eigenvalue weighted by Crippen LogP contribution is 2.25. The summed E-state index contributed by atoms with van der Waals surface area (Å²) in [4.78, 5) is 4.34. The summed E-state index contributed by atoms with van der Waals surface area (Å²) < 4.78 is 5.80. The Morgan fingerprint density at radius 2 is 2.00 bits per heavy atom. The van der Waals surface area contributed by atoms with Crippen LogP contribution in [0.4, 0.5) is 0 Å². The number of aryl methyl sites for hydroxylation is 2. The zero-order valence-corrected chi connectivity index (χ0v) is 11.1. The van der Waals surface area contributed by atoms with E-state index in [1.54, 1.807) is 18.3 Å². The van der Waals surface area contributed by atoms with Gasteiger partial charge >= 0.3 is 0 Å². The Bertz CT molecular complexity index is 596. The molecular weight excluding hydrogens is 244 g/mol. The SMILES string of the molecule is Cc1ccc(Oc2ccnc(C(N)=S)c2)c(C)c1. The van der Waals surface area contributed by atoms with Crippen molar-refractivity contribution in [3.8, 4) is 11.5 Å². The quantitative estimate of drug-likeness (QED) is 0.859. The first-order valence-electron chi connectivity index (χ1n) is 5.57. The van der Waals surface area contributed by atoms with E-state index in [4.69, 9.17) is 22.7 Å². The van der Waals surface area contributed by atoms with Gasteiger partial charge in [0.1, 0.15) is 22.2 Å². The number of thiocarbonyl (C=S) groups is 1. The number of nitrogens with zero attached hydrogens (tertiary/aromatic N) is 1. The molecule has 1 aromatic carbocycles. The Morgan fingerprint density at radius 3 is 2.67 bits per heavy atom. The standard InChI is InChI=1S/C14H14N2OS/c1-9-3-4-13(10(2)7-9)17-11-5-6-16-12(8-11)14(15)18/h3-8H,1-2H3,(H2,15,18). The topological polar surface area (TPSA) is 48.1 Å². The van der Waals surface area contributed by atoms with Crippen LogP contribution in [0.2, 0.25) is 0 Å². The first kappa shape index (κ1) is 12.5. The van der Waals surface area contributed by atoms with E-state index in [2.05, 4.69) is 11.1 Å². The number of hydrogen-bond acceptors (Lipinski definition) is 3. The van der Waals surface area contributed by atoms with Gasteiger partial charge in [0, 0.05) is 12.3 Å². The van der Waals surface area contributed by atoms with Gasteiger partial charge in [0.2, 0.25) is 0 Å². The molecule has 0 aliphatic heterocycles. The summed E-state index contributed by atoms with van der Waals surface area (Å²) >= 11 is 4.89. The molecule has 0 amide bonds. The summed E-state index contributed by atoms with van der Waals surface area (Å²) in [5, 5.41) is 0. The van der Waals surface area contributed by atoms with Crippen molar-refractivity contribution >= 4 is 17.2 Å². The fourth-order valence-electron chi connectivity index (χ4n) is 1.65. The number of pyridine rings is 1. The largest absolute Gasteiger partial charge is 0.457 e. The Morgan fingerprint density at radius 1 is 1.22 bits per heavy atom. The zero-order valence-electron chi connectivity index (χ0n) is 10.3. The average Bonchev–Trinajstić information content (AvgIpc) is 2.33. The van der Waals surface area contributed by atoms with Crippen molar-refractivity contribution in [2.45, 2.75) is 13.8 Å². The van der Waals surface area contributed by atoms with Crippen molar-refractivity contribution in [2.24, 2.45) is 5.73 Å². The van der Waals surface area contributed by atoms with Gasteiger partial charge in [0.15, 0.2) is 0 Å². The summed E-state index contributed by atoms with van der Waals surface area (Å²) in [6.07, 6.45) is 1.63. The van der Waals surface area contributed by atoms with Crippen LogP contribution in [0.15, 0.2) is 36.5 Å². The Kier molecular flexibility index (Phi) is 3.58. The summed E-state index contributed by atoms with van der Waals surface area (Å²) in [5.74, 6) is 1.50. The molecule has 2 rings (SSSR count). The van der Waals surface area contributed by atoms with Crippen molar-refractivity contribution < 1.29 is 4.74 Å². The predicted molar refractivity (Wildman–Crippen MR) is 76.1 cm³/mol. The van der Waals surface area contributed by atoms with Crippen LogP contribution >= 0.6 is 12.2 Å². The Balaban J connectivity index is 2.28. The minimum absolute atomic E-state index is 0.265. The molecule has 0 spiro atoms. The second kappa shape index (κ2) is 5.14. The molecule has 0 atom stereocenters. The normalized spacial score (nSPS) is 10.1. The second-order valence-electron chi connectivity index (χ2n) is 4.11. The average molecular weight is 258 g/mol. The monoisotopic (exact) mass is 258 g/mol. The van der Waals surface area contributed by atoms with Gasteiger partial charge in [-0.25, -0.2) is 0 Å². The third-order valence-corrected chi connectivity index (χ3v) is 2.75. The number of nitrogens with two attached hydrogens (primary N) is 1. The third kappa shape index (κ3) is 2.84. The van der Waals surface area contributed by atoms with Gasteiger partial charge in [-0.1, -0.05) is 29.9 Å². The molecule has 0 radical (unpaired) electrons. The summed E-state index contributed by atoms with van der Waals surface area (Å²) in [6.45, 7) is 4.06. The molecule has 1 heterocycles. The van der Waals surface area contributed by atoms with Crippen molar-refractivity contribution in [1.82, 2.24) is 4.98 Å². The fraction of sp³-hybridized carbons (Fsp3) is 0.143. The molecule has 18 heavy (non-hydrogen) atoms. The molecule has 2 aromatic rings. The smallest absolute Gasteiger partial charge is 0.131 e. The molecule has 0 saturated heterocycles. The Hall–Kier alpha value is -1.94. The molecule has 4 heteroatoms. The van der Waals surface area contributed by atoms with E-state index in [0.29, 0.717) is 11.4 Å². The maximum absolute atomic E-state index is 5.80. The van der Waals surface area contributed by atoms with Crippen LogP contribution in [-0.2, 0) is 0 Å². The van der Waals surface area contributed by atoms with Crippen LogP contribution in [0, 0.1) is 13.8 Å². The van der Waals surface area contributed by atoms with Crippen LogP contribution in [-0.4, -0.2) is 9.97 Å². The van der Waals surface area contributed by atoms with Crippen molar-refractivity contribution in [3.05, 3.63) is 53.3 Å². The lowest BCUT2D eigenvalue weighted by molar-refractivity contribution is 0.478. The fourth-order valence-corrected chi connectivity index (χ4v) is 1.76. The molecule has 0 fully saturated rings. The molecular formula is C14H14N2OS. The van der Waals surface area contributed by atoms with Crippen LogP contribution in [0.3, 0.4) is 0 Å². The van der Waals surface area contributed by atoms with E-state index in [-0.39, 0.29) is 4.99 Å². The summed E-state index contributed by atoms with van der Waals surface area (Å²) in [7, 11) is 0. The molecule has 0 unspecified atom stereocenters. The lowest BCUT2D eigenvalue weighted by Crippen LogP contribution is -2.11. The van der Waals surface area contributed by atoms with Gasteiger partial charge in [-0.2, -0.15) is 0 Å². The van der Waals surface area contributed by atoms with Crippen LogP contribution in [0.25, 0.3) is 0 Å². The number of rotatable bonds is 3. The number of ether oxygens (including phenoxy) is 1. The lowest BCUT2D eigenvalue weighted by Gasteiger charge is -2.09. The molecule has 92 valence electrons. The van der Waals surface area contributed by atoms with E-state index in [0.717, 1.165) is 11.3 Å². The number of benzene rings is 1. The number of hydrogen-bond donors (Lipinski definition) is 1. The first-order valence-corrected chi connectivity index (χ1v) is 5.98. The summed E-state index contributed by atoms with van der Waals surface area (Å²) in [6, 6.07) is 9.55. The first-order chi connectivity index (χ1) is 8.56. The van der Waals surface area contributed by atoms with Gasteiger partial charge in [-0.3, -0.25) is 4.98 Å². The lowest BCUT2D eigenvalue weighted by atomic mass is 10.1. The van der Waals surface area contributed by atoms with Gasteiger partial charge in [0.25, 0.3) is 0 Å². The van der Waals surface area contributed by atoms with Gasteiger partial charge < -0.3 is 10.5 Å². The van der Waals surface area contributed by atoms with Crippen molar-refractivity contribution in [1.29, 1.82) is 0 Å². The highest BCUT2D eigenvalue weighted by atomic mass is 32.1. The number of aromatic nitrogens is 1. The minimum atomic E-state index is 0.265. The van der Waals surface area contributed by atoms with E-state index in [1.165, 1.54) is 5.56 Å². The highest BCUT2D eigenvalue weighted by molar-refractivity contribution is 7.80. The zero-order chi connectivity index (χ0) is 13.1. The van der Waals surface area contributed by atoms with Crippen LogP contribution in [0.1, 0.15) is 16.8 Å². The highest BCUT2D eigenvalue weighted by Gasteiger charge is 2.04. The van der Waals surface area contributed by atoms with Crippen molar-refractivity contribution in [2.75, 3.05) is 0 Å². The molecule has 3 nitrogen and oxygen atoms in total. The molecule has 0 bridgehead atoms. The van der Waals surface area contributed by atoms with E-state index in [9.17, 15) is 0 Å². The van der Waals surface area contributed by atoms with E-state index >= 15 is 0 Å². The molecule has 0 saturated carbocycles. The van der Waals surface area contributed by atoms with E-state index < -0.39 is 0 Å². The Labute approximate surface area is 112 Å².